The van der Waals surface area contributed by atoms with Gasteiger partial charge in [0.15, 0.2) is 5.13 Å². The number of aliphatic hydroxyl groups excluding tert-OH is 1. The van der Waals surface area contributed by atoms with Crippen LogP contribution in [0.5, 0.6) is 5.75 Å². The van der Waals surface area contributed by atoms with Gasteiger partial charge in [-0.25, -0.2) is 17.7 Å². The molecule has 0 aliphatic carbocycles. The molecule has 1 atom stereocenters. The summed E-state index contributed by atoms with van der Waals surface area (Å²) in [5.74, 6) is 0.628. The average molecular weight is 419 g/mol. The molecular weight excluding hydrogens is 396 g/mol. The Morgan fingerprint density at radius 2 is 1.86 bits per heavy atom. The van der Waals surface area contributed by atoms with Crippen LogP contribution in [0.3, 0.4) is 0 Å². The van der Waals surface area contributed by atoms with Crippen LogP contribution in [-0.4, -0.2) is 37.8 Å². The number of thiazole rings is 1. The molecule has 0 amide bonds. The fraction of sp³-hybridized carbons (Fsp3) is 0.250. The van der Waals surface area contributed by atoms with Crippen molar-refractivity contribution >= 4 is 26.5 Å². The lowest BCUT2D eigenvalue weighted by molar-refractivity contribution is 0.115. The molecule has 28 heavy (non-hydrogen) atoms. The molecule has 0 radical (unpaired) electrons. The van der Waals surface area contributed by atoms with Crippen LogP contribution in [-0.2, 0) is 16.4 Å². The third-order valence-electron chi connectivity index (χ3n) is 4.11. The minimum atomic E-state index is -3.85. The van der Waals surface area contributed by atoms with Crippen molar-refractivity contribution in [2.45, 2.75) is 24.3 Å². The standard InChI is InChI=1S/C20H22N2O4S2/c1-2-16-8-10-18(11-9-16)26-15-17(23)14-22(20-21-12-13-27-20)28(24,25)19-6-4-3-5-7-19/h3-13,17,23H,2,14-15H2,1H3/t17-/m0/s1. The predicted octanol–water partition coefficient (Wildman–Crippen LogP) is 3.34. The molecule has 148 valence electrons. The number of hydrogen-bond donors (Lipinski definition) is 1. The van der Waals surface area contributed by atoms with Crippen molar-refractivity contribution in [2.75, 3.05) is 17.5 Å². The van der Waals surface area contributed by atoms with E-state index in [0.29, 0.717) is 10.9 Å². The summed E-state index contributed by atoms with van der Waals surface area (Å²) in [5, 5.41) is 12.4. The highest BCUT2D eigenvalue weighted by Crippen LogP contribution is 2.26. The van der Waals surface area contributed by atoms with Crippen LogP contribution in [0, 0.1) is 0 Å². The summed E-state index contributed by atoms with van der Waals surface area (Å²) < 4.78 is 32.8. The highest BCUT2D eigenvalue weighted by atomic mass is 32.2. The predicted molar refractivity (Wildman–Crippen MR) is 110 cm³/mol. The van der Waals surface area contributed by atoms with Gasteiger partial charge in [-0.05, 0) is 36.2 Å². The number of rotatable bonds is 9. The van der Waals surface area contributed by atoms with Crippen molar-refractivity contribution in [3.05, 3.63) is 71.7 Å². The molecule has 1 aromatic heterocycles. The highest BCUT2D eigenvalue weighted by Gasteiger charge is 2.29. The van der Waals surface area contributed by atoms with Gasteiger partial charge in [-0.1, -0.05) is 37.3 Å². The molecule has 2 aromatic carbocycles. The molecule has 0 saturated heterocycles. The second-order valence-corrected chi connectivity index (χ2v) is 8.86. The zero-order valence-electron chi connectivity index (χ0n) is 15.4. The minimum absolute atomic E-state index is 0.0301. The first kappa shape index (κ1) is 20.3. The van der Waals surface area contributed by atoms with E-state index in [1.54, 1.807) is 23.6 Å². The van der Waals surface area contributed by atoms with Gasteiger partial charge in [-0.3, -0.25) is 0 Å². The lowest BCUT2D eigenvalue weighted by atomic mass is 10.2. The highest BCUT2D eigenvalue weighted by molar-refractivity contribution is 7.93. The number of aryl methyl sites for hydroxylation is 1. The van der Waals surface area contributed by atoms with E-state index in [2.05, 4.69) is 11.9 Å². The number of aliphatic hydroxyl groups is 1. The van der Waals surface area contributed by atoms with Gasteiger partial charge >= 0.3 is 0 Å². The summed E-state index contributed by atoms with van der Waals surface area (Å²) >= 11 is 1.20. The first-order valence-corrected chi connectivity index (χ1v) is 11.2. The second-order valence-electron chi connectivity index (χ2n) is 6.13. The number of hydrogen-bond acceptors (Lipinski definition) is 6. The van der Waals surface area contributed by atoms with E-state index in [1.165, 1.54) is 35.2 Å². The number of aromatic nitrogens is 1. The molecule has 3 rings (SSSR count). The van der Waals surface area contributed by atoms with E-state index in [-0.39, 0.29) is 18.0 Å². The third kappa shape index (κ3) is 4.89. The van der Waals surface area contributed by atoms with E-state index >= 15 is 0 Å². The third-order valence-corrected chi connectivity index (χ3v) is 6.79. The molecule has 1 heterocycles. The van der Waals surface area contributed by atoms with Gasteiger partial charge in [-0.2, -0.15) is 0 Å². The Morgan fingerprint density at radius 1 is 1.14 bits per heavy atom. The van der Waals surface area contributed by atoms with E-state index < -0.39 is 16.1 Å². The van der Waals surface area contributed by atoms with Crippen molar-refractivity contribution in [2.24, 2.45) is 0 Å². The molecule has 0 aliphatic heterocycles. The summed E-state index contributed by atoms with van der Waals surface area (Å²) in [6.45, 7) is 1.88. The number of anilines is 1. The van der Waals surface area contributed by atoms with Crippen LogP contribution in [0.15, 0.2) is 71.1 Å². The van der Waals surface area contributed by atoms with Crippen molar-refractivity contribution in [1.29, 1.82) is 0 Å². The summed E-state index contributed by atoms with van der Waals surface area (Å²) in [5.41, 5.74) is 1.19. The largest absolute Gasteiger partial charge is 0.491 e. The van der Waals surface area contributed by atoms with Crippen LogP contribution in [0.4, 0.5) is 5.13 Å². The summed E-state index contributed by atoms with van der Waals surface area (Å²) in [6, 6.07) is 15.7. The van der Waals surface area contributed by atoms with Gasteiger partial charge in [0.2, 0.25) is 0 Å². The topological polar surface area (TPSA) is 79.7 Å². The van der Waals surface area contributed by atoms with Gasteiger partial charge in [0.1, 0.15) is 18.5 Å². The zero-order chi connectivity index (χ0) is 20.0. The number of nitrogens with zero attached hydrogens (tertiary/aromatic N) is 2. The molecule has 3 aromatic rings. The molecule has 0 spiro atoms. The Kier molecular flexibility index (Phi) is 6.66. The molecule has 8 heteroatoms. The summed E-state index contributed by atoms with van der Waals surface area (Å²) in [4.78, 5) is 4.26. The Balaban J connectivity index is 1.73. The maximum absolute atomic E-state index is 13.1. The first-order valence-electron chi connectivity index (χ1n) is 8.88. The SMILES string of the molecule is CCc1ccc(OC[C@@H](O)CN(c2nccs2)S(=O)(=O)c2ccccc2)cc1. The van der Waals surface area contributed by atoms with Crippen molar-refractivity contribution in [1.82, 2.24) is 4.98 Å². The average Bonchev–Trinajstić information content (AvgIpc) is 3.25. The Hall–Kier alpha value is -2.42. The van der Waals surface area contributed by atoms with Crippen molar-refractivity contribution in [3.8, 4) is 5.75 Å². The normalized spacial score (nSPS) is 12.5. The van der Waals surface area contributed by atoms with E-state index in [9.17, 15) is 13.5 Å². The van der Waals surface area contributed by atoms with Gasteiger partial charge < -0.3 is 9.84 Å². The smallest absolute Gasteiger partial charge is 0.266 e. The van der Waals surface area contributed by atoms with Crippen LogP contribution in [0.25, 0.3) is 0 Å². The van der Waals surface area contributed by atoms with E-state index in [1.807, 2.05) is 24.3 Å². The minimum Gasteiger partial charge on any atom is -0.491 e. The molecule has 0 aliphatic rings. The second kappa shape index (κ2) is 9.18. The first-order chi connectivity index (χ1) is 13.5. The van der Waals surface area contributed by atoms with Gasteiger partial charge in [0.25, 0.3) is 10.0 Å². The van der Waals surface area contributed by atoms with Gasteiger partial charge in [0.05, 0.1) is 11.4 Å². The van der Waals surface area contributed by atoms with Crippen molar-refractivity contribution in [3.63, 3.8) is 0 Å². The number of sulfonamides is 1. The zero-order valence-corrected chi connectivity index (χ0v) is 17.1. The maximum atomic E-state index is 13.1. The van der Waals surface area contributed by atoms with Gasteiger partial charge in [-0.15, -0.1) is 11.3 Å². The molecule has 0 fully saturated rings. The van der Waals surface area contributed by atoms with Crippen LogP contribution in [0.1, 0.15) is 12.5 Å². The van der Waals surface area contributed by atoms with Crippen LogP contribution >= 0.6 is 11.3 Å². The summed E-state index contributed by atoms with van der Waals surface area (Å²) in [6.07, 6.45) is 1.45. The molecule has 6 nitrogen and oxygen atoms in total. The van der Waals surface area contributed by atoms with E-state index in [0.717, 1.165) is 10.7 Å². The number of benzene rings is 2. The van der Waals surface area contributed by atoms with E-state index in [4.69, 9.17) is 4.74 Å². The van der Waals surface area contributed by atoms with Crippen LogP contribution < -0.4 is 9.04 Å². The lowest BCUT2D eigenvalue weighted by Gasteiger charge is -2.24. The molecule has 0 saturated carbocycles. The lowest BCUT2D eigenvalue weighted by Crippen LogP contribution is -2.39. The molecule has 0 bridgehead atoms. The molecule has 0 unspecified atom stereocenters. The van der Waals surface area contributed by atoms with Crippen molar-refractivity contribution < 1.29 is 18.3 Å². The monoisotopic (exact) mass is 418 g/mol. The van der Waals surface area contributed by atoms with Crippen LogP contribution in [0.2, 0.25) is 0 Å². The fourth-order valence-electron chi connectivity index (χ4n) is 2.60. The Morgan fingerprint density at radius 3 is 2.46 bits per heavy atom. The molecular formula is C20H22N2O4S2. The number of ether oxygens (including phenoxy) is 1. The molecule has 1 N–H and O–H groups in total. The quantitative estimate of drug-likeness (QED) is 0.577. The van der Waals surface area contributed by atoms with Gasteiger partial charge in [0, 0.05) is 11.6 Å². The Labute approximate surface area is 169 Å². The summed E-state index contributed by atoms with van der Waals surface area (Å²) in [7, 11) is -3.85. The maximum Gasteiger partial charge on any atom is 0.266 e. The Bertz CT molecular complexity index is 959. The fourth-order valence-corrected chi connectivity index (χ4v) is 4.95.